The summed E-state index contributed by atoms with van der Waals surface area (Å²) in [6, 6.07) is 3.78. The van der Waals surface area contributed by atoms with E-state index in [4.69, 9.17) is 8.83 Å². The maximum Gasteiger partial charge on any atom is 1.00 e. The van der Waals surface area contributed by atoms with Crippen molar-refractivity contribution in [3.63, 3.8) is 0 Å². The second kappa shape index (κ2) is 15.5. The molecule has 0 aliphatic carbocycles. The van der Waals surface area contributed by atoms with E-state index in [9.17, 15) is 19.8 Å². The molecule has 0 spiro atoms. The van der Waals surface area contributed by atoms with Crippen LogP contribution in [0.15, 0.2) is 45.0 Å². The predicted molar refractivity (Wildman–Crippen MR) is 141 cm³/mol. The first-order valence-corrected chi connectivity index (χ1v) is 13.5. The number of nitrogens with zero attached hydrogens (tertiary/aromatic N) is 4. The third-order valence-corrected chi connectivity index (χ3v) is 6.46. The fourth-order valence-electron chi connectivity index (χ4n) is 4.42. The van der Waals surface area contributed by atoms with Crippen molar-refractivity contribution in [2.45, 2.75) is 71.3 Å². The summed E-state index contributed by atoms with van der Waals surface area (Å²) in [6.45, 7) is 3.46. The molecule has 3 aromatic heterocycles. The Morgan fingerprint density at radius 3 is 2.50 bits per heavy atom. The molecule has 4 rings (SSSR count). The van der Waals surface area contributed by atoms with Gasteiger partial charge in [0.25, 0.3) is 0 Å². The Morgan fingerprint density at radius 2 is 1.77 bits per heavy atom. The van der Waals surface area contributed by atoms with Crippen LogP contribution >= 0.6 is 0 Å². The van der Waals surface area contributed by atoms with E-state index in [2.05, 4.69) is 9.97 Å². The predicted octanol–water partition coefficient (Wildman–Crippen LogP) is -1.88. The van der Waals surface area contributed by atoms with Gasteiger partial charge in [-0.3, -0.25) is 0 Å². The second-order valence-corrected chi connectivity index (χ2v) is 9.47. The van der Waals surface area contributed by atoms with E-state index in [0.29, 0.717) is 54.8 Å². The molecule has 40 heavy (non-hydrogen) atoms. The van der Waals surface area contributed by atoms with Crippen LogP contribution in [0.4, 0.5) is 5.82 Å². The minimum absolute atomic E-state index is 0. The molecule has 0 unspecified atom stereocenters. The van der Waals surface area contributed by atoms with Crippen molar-refractivity contribution in [3.8, 4) is 0 Å². The van der Waals surface area contributed by atoms with Gasteiger partial charge in [-0.2, -0.15) is 4.98 Å². The van der Waals surface area contributed by atoms with Crippen molar-refractivity contribution in [2.75, 3.05) is 11.4 Å². The van der Waals surface area contributed by atoms with Gasteiger partial charge in [-0.1, -0.05) is 13.3 Å². The molecule has 0 saturated carbocycles. The number of aromatic nitrogens is 3. The Bertz CT molecular complexity index is 1490. The Kier molecular flexibility index (Phi) is 12.2. The van der Waals surface area contributed by atoms with Gasteiger partial charge in [-0.25, -0.2) is 4.57 Å². The monoisotopic (exact) mass is 556 g/mol. The second-order valence-electron chi connectivity index (χ2n) is 9.47. The van der Waals surface area contributed by atoms with Gasteiger partial charge >= 0.3 is 41.1 Å². The Hall–Kier alpha value is -3.21. The molecule has 0 fully saturated rings. The molecule has 1 aliphatic heterocycles. The molecule has 0 saturated heterocycles. The summed E-state index contributed by atoms with van der Waals surface area (Å²) in [5.41, 5.74) is 3.52. The minimum atomic E-state index is -1.01. The zero-order chi connectivity index (χ0) is 27.6. The van der Waals surface area contributed by atoms with Gasteiger partial charge in [0.15, 0.2) is 11.2 Å². The molecular weight excluding hydrogens is 523 g/mol. The third-order valence-electron chi connectivity index (χ3n) is 6.46. The normalized spacial score (nSPS) is 13.3. The average Bonchev–Trinajstić information content (AvgIpc) is 3.51. The molecule has 3 aromatic rings. The molecule has 0 amide bonds. The summed E-state index contributed by atoms with van der Waals surface area (Å²) in [5.74, 6) is -0.804. The molecule has 0 bridgehead atoms. The van der Waals surface area contributed by atoms with Crippen LogP contribution in [0.1, 0.15) is 70.6 Å². The number of oxazole rings is 2. The van der Waals surface area contributed by atoms with Crippen LogP contribution in [0.2, 0.25) is 0 Å². The fraction of sp³-hybridized carbons (Fsp3) is 0.414. The van der Waals surface area contributed by atoms with E-state index < -0.39 is 11.9 Å². The smallest absolute Gasteiger partial charge is 0.550 e. The van der Waals surface area contributed by atoms with Crippen LogP contribution in [0.25, 0.3) is 29.5 Å². The van der Waals surface area contributed by atoms with Gasteiger partial charge in [0.1, 0.15) is 0 Å². The molecule has 1 aliphatic rings. The van der Waals surface area contributed by atoms with Crippen molar-refractivity contribution in [1.29, 1.82) is 0 Å². The number of carboxylic acids is 2. The number of aliphatic carboxylic acids is 2. The van der Waals surface area contributed by atoms with Gasteiger partial charge in [-0.05, 0) is 81.2 Å². The van der Waals surface area contributed by atoms with Crippen molar-refractivity contribution >= 4 is 47.2 Å². The maximum absolute atomic E-state index is 10.6. The quantitative estimate of drug-likeness (QED) is 0.120. The number of hydrogen-bond donors (Lipinski definition) is 0. The van der Waals surface area contributed by atoms with Gasteiger partial charge in [0.05, 0.1) is 12.7 Å². The number of pyridine rings is 1. The SMILES string of the molecule is CCC(/C=c1/nc2c(o1)=CC=CN2CCCCCC(=O)[O-])=C\c1nc2c(ccc[n+]2CCCCCC(=O)[O-])o1.[Na+]. The van der Waals surface area contributed by atoms with E-state index in [1.54, 1.807) is 0 Å². The first kappa shape index (κ1) is 31.3. The number of carbonyl (C=O) groups excluding carboxylic acids is 2. The summed E-state index contributed by atoms with van der Waals surface area (Å²) in [4.78, 5) is 32.6. The fourth-order valence-corrected chi connectivity index (χ4v) is 4.42. The van der Waals surface area contributed by atoms with E-state index in [1.165, 1.54) is 0 Å². The minimum Gasteiger partial charge on any atom is -0.550 e. The first-order chi connectivity index (χ1) is 18.9. The standard InChI is InChI=1S/C29H34N4O6.Na/c1-2-21(19-24-30-28-22(38-24)11-9-17-32(28)15-7-3-5-13-26(34)35)20-25-31-29-23(39-25)12-10-18-33(29)16-8-4-6-14-27(36)37;/h9-12,17-20H,2-8,13-16H2,1H3,(H-,34,35,36,37);/q;+1/p-1. The number of fused-ring (bicyclic) bond motifs is 2. The van der Waals surface area contributed by atoms with Crippen LogP contribution < -0.4 is 60.2 Å². The number of rotatable bonds is 15. The summed E-state index contributed by atoms with van der Waals surface area (Å²) in [7, 11) is 0. The van der Waals surface area contributed by atoms with Gasteiger partial charge in [0.2, 0.25) is 11.1 Å². The maximum atomic E-state index is 10.6. The largest absolute Gasteiger partial charge is 1.00 e. The van der Waals surface area contributed by atoms with Gasteiger partial charge < -0.3 is 33.5 Å². The molecule has 0 aromatic carbocycles. The average molecular weight is 557 g/mol. The zero-order valence-corrected chi connectivity index (χ0v) is 25.1. The van der Waals surface area contributed by atoms with Crippen LogP contribution in [0.5, 0.6) is 0 Å². The topological polar surface area (TPSA) is 139 Å². The summed E-state index contributed by atoms with van der Waals surface area (Å²) < 4.78 is 14.0. The van der Waals surface area contributed by atoms with Crippen molar-refractivity contribution in [3.05, 3.63) is 53.0 Å². The molecule has 0 radical (unpaired) electrons. The summed E-state index contributed by atoms with van der Waals surface area (Å²) in [5, 5.41) is 21.2. The summed E-state index contributed by atoms with van der Waals surface area (Å²) in [6.07, 6.45) is 16.8. The summed E-state index contributed by atoms with van der Waals surface area (Å²) >= 11 is 0. The van der Waals surface area contributed by atoms with Gasteiger partial charge in [-0.15, -0.1) is 0 Å². The number of anilines is 1. The number of carbonyl (C=O) groups is 2. The Balaban J connectivity index is 0.00000441. The van der Waals surface area contributed by atoms with Crippen molar-refractivity contribution < 1.29 is 62.8 Å². The molecule has 4 heterocycles. The molecule has 0 N–H and O–H groups in total. The Labute approximate surface area is 254 Å². The number of unbranched alkanes of at least 4 members (excludes halogenated alkanes) is 4. The zero-order valence-electron chi connectivity index (χ0n) is 23.1. The molecule has 0 atom stereocenters. The van der Waals surface area contributed by atoms with E-state index in [1.807, 2.05) is 65.2 Å². The van der Waals surface area contributed by atoms with Crippen LogP contribution in [0.3, 0.4) is 0 Å². The van der Waals surface area contributed by atoms with Crippen LogP contribution in [-0.4, -0.2) is 28.5 Å². The number of hydrogen-bond acceptors (Lipinski definition) is 9. The van der Waals surface area contributed by atoms with Crippen molar-refractivity contribution in [2.24, 2.45) is 0 Å². The third kappa shape index (κ3) is 8.90. The Morgan fingerprint density at radius 1 is 1.02 bits per heavy atom. The molecule has 206 valence electrons. The van der Waals surface area contributed by atoms with E-state index >= 15 is 0 Å². The van der Waals surface area contributed by atoms with Crippen LogP contribution in [-0.2, 0) is 16.1 Å². The van der Waals surface area contributed by atoms with E-state index in [0.717, 1.165) is 42.7 Å². The molecular formula is C29H33N4NaO6. The number of aryl methyl sites for hydroxylation is 1. The molecule has 11 heteroatoms. The van der Waals surface area contributed by atoms with Crippen LogP contribution in [0, 0.1) is 0 Å². The van der Waals surface area contributed by atoms with Gasteiger partial charge in [0, 0.05) is 41.8 Å². The first-order valence-electron chi connectivity index (χ1n) is 13.5. The number of allylic oxidation sites excluding steroid dienone is 2. The van der Waals surface area contributed by atoms with Crippen molar-refractivity contribution in [1.82, 2.24) is 9.97 Å². The van der Waals surface area contributed by atoms with E-state index in [-0.39, 0.29) is 42.4 Å². The molecule has 10 nitrogen and oxygen atoms in total. The number of carboxylic acid groups (broad SMARTS) is 2.